The molecule has 1 atom stereocenters. The summed E-state index contributed by atoms with van der Waals surface area (Å²) in [5.74, 6) is -0.160. The first-order valence-corrected chi connectivity index (χ1v) is 7.92. The molecule has 0 saturated heterocycles. The monoisotopic (exact) mass is 302 g/mol. The molecule has 0 bridgehead atoms. The molecule has 0 aliphatic rings. The standard InChI is InChI=1S/C12H22N4O3S/c1-7(2)6-10(12(17)13-5)16-20(18,19)11-8(3)14-15-9(11)4/h7,10,16H,6H2,1-5H3,(H,13,17)(H,14,15). The zero-order valence-electron chi connectivity index (χ0n) is 12.4. The van der Waals surface area contributed by atoms with E-state index >= 15 is 0 Å². The molecule has 1 rings (SSSR count). The Morgan fingerprint density at radius 1 is 1.35 bits per heavy atom. The summed E-state index contributed by atoms with van der Waals surface area (Å²) in [6.07, 6.45) is 0.425. The molecule has 0 radical (unpaired) electrons. The van der Waals surface area contributed by atoms with Crippen LogP contribution >= 0.6 is 0 Å². The topological polar surface area (TPSA) is 104 Å². The third-order valence-corrected chi connectivity index (χ3v) is 4.63. The lowest BCUT2D eigenvalue weighted by Crippen LogP contribution is -2.46. The second-order valence-corrected chi connectivity index (χ2v) is 6.83. The van der Waals surface area contributed by atoms with Crippen LogP contribution in [0, 0.1) is 19.8 Å². The van der Waals surface area contributed by atoms with E-state index in [0.717, 1.165) is 0 Å². The molecule has 1 heterocycles. The van der Waals surface area contributed by atoms with Gasteiger partial charge in [-0.25, -0.2) is 8.42 Å². The Kier molecular flexibility index (Phi) is 5.29. The van der Waals surface area contributed by atoms with Gasteiger partial charge in [-0.05, 0) is 26.2 Å². The lowest BCUT2D eigenvalue weighted by molar-refractivity contribution is -0.122. The molecule has 0 aliphatic carbocycles. The molecule has 114 valence electrons. The highest BCUT2D eigenvalue weighted by Gasteiger charge is 2.29. The van der Waals surface area contributed by atoms with Crippen LogP contribution in [-0.2, 0) is 14.8 Å². The van der Waals surface area contributed by atoms with Crippen molar-refractivity contribution in [1.29, 1.82) is 0 Å². The molecule has 20 heavy (non-hydrogen) atoms. The third kappa shape index (κ3) is 3.80. The van der Waals surface area contributed by atoms with Gasteiger partial charge in [0.25, 0.3) is 0 Å². The lowest BCUT2D eigenvalue weighted by Gasteiger charge is -2.19. The summed E-state index contributed by atoms with van der Waals surface area (Å²) in [4.78, 5) is 11.9. The summed E-state index contributed by atoms with van der Waals surface area (Å²) in [6.45, 7) is 7.10. The summed E-state index contributed by atoms with van der Waals surface area (Å²) in [5, 5.41) is 8.98. The predicted octanol–water partition coefficient (Wildman–Crippen LogP) is 0.466. The molecule has 1 unspecified atom stereocenters. The molecule has 8 heteroatoms. The van der Waals surface area contributed by atoms with Crippen molar-refractivity contribution in [1.82, 2.24) is 20.2 Å². The number of hydrogen-bond acceptors (Lipinski definition) is 4. The van der Waals surface area contributed by atoms with E-state index in [1.165, 1.54) is 7.05 Å². The first-order chi connectivity index (χ1) is 9.19. The Labute approximate surface area is 119 Å². The van der Waals surface area contributed by atoms with Crippen molar-refractivity contribution < 1.29 is 13.2 Å². The molecule has 0 spiro atoms. The molecule has 0 fully saturated rings. The third-order valence-electron chi connectivity index (χ3n) is 2.90. The number of aromatic nitrogens is 2. The van der Waals surface area contributed by atoms with Crippen molar-refractivity contribution in [3.63, 3.8) is 0 Å². The SMILES string of the molecule is CNC(=O)C(CC(C)C)NS(=O)(=O)c1c(C)n[nH]c1C. The Bertz CT molecular complexity index is 558. The van der Waals surface area contributed by atoms with E-state index in [1.54, 1.807) is 13.8 Å². The quantitative estimate of drug-likeness (QED) is 0.710. The van der Waals surface area contributed by atoms with Crippen molar-refractivity contribution in [2.75, 3.05) is 7.05 Å². The van der Waals surface area contributed by atoms with Gasteiger partial charge in [-0.2, -0.15) is 9.82 Å². The first kappa shape index (κ1) is 16.6. The molecule has 0 aromatic carbocycles. The van der Waals surface area contributed by atoms with E-state index in [-0.39, 0.29) is 16.7 Å². The van der Waals surface area contributed by atoms with Gasteiger partial charge in [-0.1, -0.05) is 13.8 Å². The van der Waals surface area contributed by atoms with E-state index in [0.29, 0.717) is 17.8 Å². The van der Waals surface area contributed by atoms with Gasteiger partial charge in [-0.15, -0.1) is 0 Å². The number of rotatable bonds is 6. The summed E-state index contributed by atoms with van der Waals surface area (Å²) in [6, 6.07) is -0.793. The fourth-order valence-electron chi connectivity index (χ4n) is 2.04. The highest BCUT2D eigenvalue weighted by Crippen LogP contribution is 2.18. The van der Waals surface area contributed by atoms with Crippen LogP contribution in [0.4, 0.5) is 0 Å². The molecule has 3 N–H and O–H groups in total. The van der Waals surface area contributed by atoms with Crippen LogP contribution in [0.2, 0.25) is 0 Å². The number of nitrogens with zero attached hydrogens (tertiary/aromatic N) is 1. The van der Waals surface area contributed by atoms with E-state index < -0.39 is 16.1 Å². The average Bonchev–Trinajstić information content (AvgIpc) is 2.66. The molecule has 1 aromatic heterocycles. The number of hydrogen-bond donors (Lipinski definition) is 3. The van der Waals surface area contributed by atoms with Gasteiger partial charge in [0.2, 0.25) is 15.9 Å². The fourth-order valence-corrected chi connectivity index (χ4v) is 3.62. The van der Waals surface area contributed by atoms with Gasteiger partial charge in [-0.3, -0.25) is 9.89 Å². The van der Waals surface area contributed by atoms with Gasteiger partial charge in [0.15, 0.2) is 0 Å². The van der Waals surface area contributed by atoms with Crippen molar-refractivity contribution in [2.24, 2.45) is 5.92 Å². The minimum Gasteiger partial charge on any atom is -0.358 e. The number of amides is 1. The fraction of sp³-hybridized carbons (Fsp3) is 0.667. The van der Waals surface area contributed by atoms with Crippen LogP contribution in [0.5, 0.6) is 0 Å². The number of sulfonamides is 1. The number of nitrogens with one attached hydrogen (secondary N) is 3. The highest BCUT2D eigenvalue weighted by atomic mass is 32.2. The molecular formula is C12H22N4O3S. The van der Waals surface area contributed by atoms with Crippen molar-refractivity contribution in [3.8, 4) is 0 Å². The molecule has 1 aromatic rings. The Morgan fingerprint density at radius 2 is 1.95 bits per heavy atom. The minimum absolute atomic E-state index is 0.107. The first-order valence-electron chi connectivity index (χ1n) is 6.44. The number of aryl methyl sites for hydroxylation is 2. The summed E-state index contributed by atoms with van der Waals surface area (Å²) < 4.78 is 27.3. The predicted molar refractivity (Wildman–Crippen MR) is 75.7 cm³/mol. The van der Waals surface area contributed by atoms with E-state index in [9.17, 15) is 13.2 Å². The van der Waals surface area contributed by atoms with Crippen molar-refractivity contribution >= 4 is 15.9 Å². The van der Waals surface area contributed by atoms with Crippen LogP contribution in [0.25, 0.3) is 0 Å². The van der Waals surface area contributed by atoms with Gasteiger partial charge in [0.1, 0.15) is 10.9 Å². The highest BCUT2D eigenvalue weighted by molar-refractivity contribution is 7.89. The maximum absolute atomic E-state index is 12.4. The van der Waals surface area contributed by atoms with Crippen LogP contribution in [0.3, 0.4) is 0 Å². The Balaban J connectivity index is 3.06. The second kappa shape index (κ2) is 6.36. The van der Waals surface area contributed by atoms with E-state index in [2.05, 4.69) is 20.2 Å². The summed E-state index contributed by atoms with van der Waals surface area (Å²) >= 11 is 0. The van der Waals surface area contributed by atoms with Gasteiger partial charge in [0, 0.05) is 7.05 Å². The number of likely N-dealkylation sites (N-methyl/N-ethyl adjacent to an activating group) is 1. The van der Waals surface area contributed by atoms with Gasteiger partial charge >= 0.3 is 0 Å². The minimum atomic E-state index is -3.78. The number of carbonyl (C=O) groups is 1. The average molecular weight is 302 g/mol. The van der Waals surface area contributed by atoms with Crippen molar-refractivity contribution in [2.45, 2.75) is 45.1 Å². The molecule has 7 nitrogen and oxygen atoms in total. The van der Waals surface area contributed by atoms with Crippen LogP contribution in [0.1, 0.15) is 31.7 Å². The Hall–Kier alpha value is -1.41. The van der Waals surface area contributed by atoms with Crippen LogP contribution < -0.4 is 10.0 Å². The second-order valence-electron chi connectivity index (χ2n) is 5.18. The number of aromatic amines is 1. The summed E-state index contributed by atoms with van der Waals surface area (Å²) in [7, 11) is -2.30. The maximum Gasteiger partial charge on any atom is 0.244 e. The summed E-state index contributed by atoms with van der Waals surface area (Å²) in [5.41, 5.74) is 0.838. The van der Waals surface area contributed by atoms with E-state index in [1.807, 2.05) is 13.8 Å². The molecule has 0 saturated carbocycles. The number of H-pyrrole nitrogens is 1. The van der Waals surface area contributed by atoms with Gasteiger partial charge in [0.05, 0.1) is 11.4 Å². The smallest absolute Gasteiger partial charge is 0.244 e. The van der Waals surface area contributed by atoms with Crippen molar-refractivity contribution in [3.05, 3.63) is 11.4 Å². The Morgan fingerprint density at radius 3 is 2.35 bits per heavy atom. The maximum atomic E-state index is 12.4. The normalized spacial score (nSPS) is 13.5. The molecule has 1 amide bonds. The lowest BCUT2D eigenvalue weighted by atomic mass is 10.0. The molecule has 0 aliphatic heterocycles. The molecular weight excluding hydrogens is 280 g/mol. The zero-order chi connectivity index (χ0) is 15.5. The zero-order valence-corrected chi connectivity index (χ0v) is 13.3. The van der Waals surface area contributed by atoms with Crippen LogP contribution in [-0.4, -0.2) is 37.6 Å². The number of carbonyl (C=O) groups excluding carboxylic acids is 1. The van der Waals surface area contributed by atoms with E-state index in [4.69, 9.17) is 0 Å². The van der Waals surface area contributed by atoms with Crippen LogP contribution in [0.15, 0.2) is 4.90 Å². The largest absolute Gasteiger partial charge is 0.358 e. The van der Waals surface area contributed by atoms with Gasteiger partial charge < -0.3 is 5.32 Å².